The maximum atomic E-state index is 13.4. The van der Waals surface area contributed by atoms with E-state index in [9.17, 15) is 14.5 Å². The monoisotopic (exact) mass is 262 g/mol. The van der Waals surface area contributed by atoms with Gasteiger partial charge in [0.2, 0.25) is 5.75 Å². The van der Waals surface area contributed by atoms with Crippen molar-refractivity contribution in [2.45, 2.75) is 12.5 Å². The Morgan fingerprint density at radius 2 is 2.29 bits per heavy atom. The summed E-state index contributed by atoms with van der Waals surface area (Å²) in [5, 5.41) is 13.7. The fourth-order valence-electron chi connectivity index (χ4n) is 1.65. The minimum atomic E-state index is -0.693. The Labute approximate surface area is 104 Å². The Morgan fingerprint density at radius 1 is 1.53 bits per heavy atom. The van der Waals surface area contributed by atoms with Gasteiger partial charge >= 0.3 is 5.69 Å². The van der Waals surface area contributed by atoms with Crippen LogP contribution in [0.25, 0.3) is 0 Å². The van der Waals surface area contributed by atoms with Crippen molar-refractivity contribution >= 4 is 18.1 Å². The molecule has 94 valence electrons. The van der Waals surface area contributed by atoms with E-state index in [1.54, 1.807) is 0 Å². The maximum Gasteiger partial charge on any atom is 0.314 e. The first-order chi connectivity index (χ1) is 7.68. The molecule has 1 aliphatic heterocycles. The fraction of sp³-hybridized carbons (Fsp3) is 0.400. The van der Waals surface area contributed by atoms with Gasteiger partial charge in [0.05, 0.1) is 4.92 Å². The van der Waals surface area contributed by atoms with Crippen molar-refractivity contribution in [3.05, 3.63) is 34.1 Å². The smallest absolute Gasteiger partial charge is 0.314 e. The summed E-state index contributed by atoms with van der Waals surface area (Å²) in [6.07, 6.45) is 0.529. The van der Waals surface area contributed by atoms with Gasteiger partial charge in [0.1, 0.15) is 6.10 Å². The molecule has 0 radical (unpaired) electrons. The number of nitro groups is 1. The highest BCUT2D eigenvalue weighted by Gasteiger charge is 2.24. The Bertz CT molecular complexity index is 411. The first kappa shape index (κ1) is 13.7. The molecule has 7 heteroatoms. The van der Waals surface area contributed by atoms with Gasteiger partial charge in [-0.1, -0.05) is 6.07 Å². The van der Waals surface area contributed by atoms with Gasteiger partial charge in [-0.25, -0.2) is 4.39 Å². The topological polar surface area (TPSA) is 64.4 Å². The summed E-state index contributed by atoms with van der Waals surface area (Å²) in [6, 6.07) is 3.69. The molecule has 1 N–H and O–H groups in total. The molecule has 1 saturated heterocycles. The molecule has 0 unspecified atom stereocenters. The van der Waals surface area contributed by atoms with E-state index in [1.165, 1.54) is 12.1 Å². The Hall–Kier alpha value is -1.40. The van der Waals surface area contributed by atoms with Gasteiger partial charge in [0.25, 0.3) is 0 Å². The van der Waals surface area contributed by atoms with Crippen molar-refractivity contribution in [3.63, 3.8) is 0 Å². The van der Waals surface area contributed by atoms with Crippen molar-refractivity contribution in [1.82, 2.24) is 5.32 Å². The van der Waals surface area contributed by atoms with Crippen LogP contribution in [0, 0.1) is 15.9 Å². The molecule has 1 aromatic carbocycles. The zero-order valence-corrected chi connectivity index (χ0v) is 9.71. The van der Waals surface area contributed by atoms with Crippen LogP contribution in [0.15, 0.2) is 18.2 Å². The standard InChI is InChI=1S/C10H11FN2O3.ClH/c11-8-2-1-3-9(13(14)15)10(8)16-7-4-5-12-6-7;/h1-3,7,12H,4-6H2;1H/t7-;/m1./s1. The quantitative estimate of drug-likeness (QED) is 0.667. The third-order valence-electron chi connectivity index (χ3n) is 2.44. The molecule has 1 heterocycles. The second kappa shape index (κ2) is 5.79. The highest BCUT2D eigenvalue weighted by molar-refractivity contribution is 5.85. The molecule has 0 amide bonds. The van der Waals surface area contributed by atoms with E-state index in [4.69, 9.17) is 4.74 Å². The molecular weight excluding hydrogens is 251 g/mol. The van der Waals surface area contributed by atoms with Crippen LogP contribution < -0.4 is 10.1 Å². The van der Waals surface area contributed by atoms with E-state index in [1.807, 2.05) is 0 Å². The number of halogens is 2. The molecule has 1 fully saturated rings. The lowest BCUT2D eigenvalue weighted by Crippen LogP contribution is -2.20. The summed E-state index contributed by atoms with van der Waals surface area (Å²) >= 11 is 0. The number of ether oxygens (including phenoxy) is 1. The third-order valence-corrected chi connectivity index (χ3v) is 2.44. The van der Waals surface area contributed by atoms with E-state index >= 15 is 0 Å². The average molecular weight is 263 g/mol. The van der Waals surface area contributed by atoms with Crippen LogP contribution in [0.3, 0.4) is 0 Å². The average Bonchev–Trinajstić information content (AvgIpc) is 2.73. The lowest BCUT2D eigenvalue weighted by Gasteiger charge is -2.12. The summed E-state index contributed by atoms with van der Waals surface area (Å²) in [5.41, 5.74) is -0.327. The second-order valence-electron chi connectivity index (χ2n) is 3.58. The molecule has 0 aliphatic carbocycles. The van der Waals surface area contributed by atoms with Crippen LogP contribution in [0.2, 0.25) is 0 Å². The van der Waals surface area contributed by atoms with Gasteiger partial charge in [0.15, 0.2) is 5.82 Å². The van der Waals surface area contributed by atoms with E-state index in [0.29, 0.717) is 6.54 Å². The zero-order valence-electron chi connectivity index (χ0n) is 8.89. The number of benzene rings is 1. The van der Waals surface area contributed by atoms with Gasteiger partial charge in [-0.3, -0.25) is 10.1 Å². The minimum Gasteiger partial charge on any atom is -0.480 e. The van der Waals surface area contributed by atoms with E-state index < -0.39 is 10.7 Å². The van der Waals surface area contributed by atoms with Crippen molar-refractivity contribution in [3.8, 4) is 5.75 Å². The molecule has 2 rings (SSSR count). The third kappa shape index (κ3) is 3.04. The second-order valence-corrected chi connectivity index (χ2v) is 3.58. The van der Waals surface area contributed by atoms with Crippen molar-refractivity contribution in [1.29, 1.82) is 0 Å². The molecule has 5 nitrogen and oxygen atoms in total. The van der Waals surface area contributed by atoms with Gasteiger partial charge in [0, 0.05) is 12.6 Å². The molecule has 0 aromatic heterocycles. The fourth-order valence-corrected chi connectivity index (χ4v) is 1.65. The number of para-hydroxylation sites is 1. The zero-order chi connectivity index (χ0) is 11.5. The molecular formula is C10H12ClFN2O3. The molecule has 0 spiro atoms. The van der Waals surface area contributed by atoms with Crippen molar-refractivity contribution in [2.24, 2.45) is 0 Å². The Balaban J connectivity index is 0.00000144. The van der Waals surface area contributed by atoms with Crippen LogP contribution in [0.5, 0.6) is 5.75 Å². The van der Waals surface area contributed by atoms with Gasteiger partial charge in [-0.15, -0.1) is 12.4 Å². The van der Waals surface area contributed by atoms with E-state index in [-0.39, 0.29) is 29.9 Å². The first-order valence-corrected chi connectivity index (χ1v) is 4.99. The molecule has 17 heavy (non-hydrogen) atoms. The first-order valence-electron chi connectivity index (χ1n) is 4.99. The summed E-state index contributed by atoms with van der Waals surface area (Å²) in [6.45, 7) is 1.37. The minimum absolute atomic E-state index is 0. The molecule has 1 aromatic rings. The molecule has 1 atom stereocenters. The molecule has 1 aliphatic rings. The number of rotatable bonds is 3. The SMILES string of the molecule is Cl.O=[N+]([O-])c1cccc(F)c1O[C@@H]1CCNC1. The highest BCUT2D eigenvalue weighted by Crippen LogP contribution is 2.31. The maximum absolute atomic E-state index is 13.4. The van der Waals surface area contributed by atoms with Crippen LogP contribution in [-0.2, 0) is 0 Å². The predicted molar refractivity (Wildman–Crippen MR) is 62.2 cm³/mol. The van der Waals surface area contributed by atoms with Crippen molar-refractivity contribution in [2.75, 3.05) is 13.1 Å². The normalized spacial score (nSPS) is 18.5. The van der Waals surface area contributed by atoms with Crippen LogP contribution in [0.1, 0.15) is 6.42 Å². The number of nitrogens with one attached hydrogen (secondary N) is 1. The summed E-state index contributed by atoms with van der Waals surface area (Å²) in [4.78, 5) is 10.1. The highest BCUT2D eigenvalue weighted by atomic mass is 35.5. The van der Waals surface area contributed by atoms with Gasteiger partial charge < -0.3 is 10.1 Å². The summed E-state index contributed by atoms with van der Waals surface area (Å²) < 4.78 is 18.7. The van der Waals surface area contributed by atoms with Crippen LogP contribution >= 0.6 is 12.4 Å². The van der Waals surface area contributed by atoms with Crippen LogP contribution in [0.4, 0.5) is 10.1 Å². The summed E-state index contributed by atoms with van der Waals surface area (Å²) in [5.74, 6) is -0.956. The number of hydrogen-bond donors (Lipinski definition) is 1. The molecule has 0 saturated carbocycles. The van der Waals surface area contributed by atoms with Gasteiger partial charge in [-0.2, -0.15) is 0 Å². The van der Waals surface area contributed by atoms with Crippen LogP contribution in [-0.4, -0.2) is 24.1 Å². The van der Waals surface area contributed by atoms with Crippen molar-refractivity contribution < 1.29 is 14.1 Å². The Morgan fingerprint density at radius 3 is 2.88 bits per heavy atom. The summed E-state index contributed by atoms with van der Waals surface area (Å²) in [7, 11) is 0. The number of nitrogens with zero attached hydrogens (tertiary/aromatic N) is 1. The predicted octanol–water partition coefficient (Wildman–Crippen LogP) is 1.90. The number of nitro benzene ring substituents is 1. The lowest BCUT2D eigenvalue weighted by atomic mass is 10.2. The van der Waals surface area contributed by atoms with E-state index in [2.05, 4.69) is 5.32 Å². The lowest BCUT2D eigenvalue weighted by molar-refractivity contribution is -0.386. The largest absolute Gasteiger partial charge is 0.480 e. The molecule has 0 bridgehead atoms. The Kier molecular flexibility index (Phi) is 4.65. The van der Waals surface area contributed by atoms with E-state index in [0.717, 1.165) is 19.0 Å². The number of hydrogen-bond acceptors (Lipinski definition) is 4. The van der Waals surface area contributed by atoms with Gasteiger partial charge in [-0.05, 0) is 19.0 Å².